The Morgan fingerprint density at radius 3 is 2.36 bits per heavy atom. The van der Waals surface area contributed by atoms with Gasteiger partial charge in [-0.25, -0.2) is 9.79 Å². The van der Waals surface area contributed by atoms with Gasteiger partial charge >= 0.3 is 5.97 Å². The lowest BCUT2D eigenvalue weighted by molar-refractivity contribution is -0.121. The maximum Gasteiger partial charge on any atom is 0.335 e. The Labute approximate surface area is 193 Å². The molecule has 0 aromatic heterocycles. The second-order valence-electron chi connectivity index (χ2n) is 5.74. The summed E-state index contributed by atoms with van der Waals surface area (Å²) in [6.45, 7) is 0. The molecule has 6 nitrogen and oxygen atoms in total. The molecule has 1 N–H and O–H groups in total. The van der Waals surface area contributed by atoms with Gasteiger partial charge in [-0.05, 0) is 105 Å². The van der Waals surface area contributed by atoms with Gasteiger partial charge in [0.25, 0.3) is 5.91 Å². The molecule has 0 radical (unpaired) electrons. The van der Waals surface area contributed by atoms with Crippen LogP contribution in [0.4, 0.5) is 5.69 Å². The Kier molecular flexibility index (Phi) is 6.65. The normalized spacial score (nSPS) is 16.9. The molecule has 144 valence electrons. The topological polar surface area (TPSA) is 79.2 Å². The highest BCUT2D eigenvalue weighted by Crippen LogP contribution is 2.35. The number of likely N-dealkylation sites (N-methyl/N-ethyl adjacent to an activating group) is 1. The maximum absolute atomic E-state index is 12.6. The summed E-state index contributed by atoms with van der Waals surface area (Å²) in [6, 6.07) is 10.1. The SMILES string of the molecule is COc1c(I)cc(/C=C2\SC(=Nc3ccc(C(=O)O)cc3)N(C)C2=O)cc1I. The zero-order valence-corrected chi connectivity index (χ0v) is 19.9. The fraction of sp³-hybridized carbons (Fsp3) is 0.105. The number of carboxylic acid groups (broad SMARTS) is 1. The number of nitrogens with zero attached hydrogens (tertiary/aromatic N) is 2. The molecule has 1 amide bonds. The lowest BCUT2D eigenvalue weighted by Crippen LogP contribution is -2.23. The number of aliphatic imine (C=N–C) groups is 1. The molecule has 1 aliphatic rings. The van der Waals surface area contributed by atoms with Crippen molar-refractivity contribution in [3.05, 3.63) is 59.6 Å². The largest absolute Gasteiger partial charge is 0.495 e. The molecule has 0 bridgehead atoms. The van der Waals surface area contributed by atoms with Crippen molar-refractivity contribution in [2.45, 2.75) is 0 Å². The number of thioether (sulfide) groups is 1. The fourth-order valence-corrected chi connectivity index (χ4v) is 5.69. The van der Waals surface area contributed by atoms with Gasteiger partial charge in [-0.3, -0.25) is 9.69 Å². The van der Waals surface area contributed by atoms with Crippen LogP contribution in [0.1, 0.15) is 15.9 Å². The number of carbonyl (C=O) groups is 2. The number of hydrogen-bond acceptors (Lipinski definition) is 5. The minimum atomic E-state index is -0.990. The van der Waals surface area contributed by atoms with E-state index in [1.807, 2.05) is 18.2 Å². The molecule has 1 heterocycles. The fourth-order valence-electron chi connectivity index (χ4n) is 2.45. The molecule has 1 saturated heterocycles. The zero-order valence-electron chi connectivity index (χ0n) is 14.8. The summed E-state index contributed by atoms with van der Waals surface area (Å²) in [5.41, 5.74) is 1.68. The molecule has 0 saturated carbocycles. The molecule has 3 rings (SSSR count). The molecule has 0 atom stereocenters. The third kappa shape index (κ3) is 4.51. The summed E-state index contributed by atoms with van der Waals surface area (Å²) in [4.78, 5) is 30.1. The lowest BCUT2D eigenvalue weighted by Gasteiger charge is -2.08. The van der Waals surface area contributed by atoms with Crippen LogP contribution in [-0.2, 0) is 4.79 Å². The van der Waals surface area contributed by atoms with E-state index < -0.39 is 5.97 Å². The van der Waals surface area contributed by atoms with E-state index >= 15 is 0 Å². The first-order valence-corrected chi connectivity index (χ1v) is 10.9. The Balaban J connectivity index is 1.89. The molecule has 1 aliphatic heterocycles. The highest BCUT2D eigenvalue weighted by Gasteiger charge is 2.30. The van der Waals surface area contributed by atoms with Crippen molar-refractivity contribution < 1.29 is 19.4 Å². The monoisotopic (exact) mass is 620 g/mol. The second-order valence-corrected chi connectivity index (χ2v) is 9.07. The number of rotatable bonds is 4. The van der Waals surface area contributed by atoms with Gasteiger partial charge in [0.1, 0.15) is 5.75 Å². The van der Waals surface area contributed by atoms with Crippen LogP contribution in [-0.4, -0.2) is 41.2 Å². The average Bonchev–Trinajstić information content (AvgIpc) is 2.90. The minimum absolute atomic E-state index is 0.133. The first-order valence-electron chi connectivity index (χ1n) is 7.93. The predicted octanol–water partition coefficient (Wildman–Crippen LogP) is 4.84. The highest BCUT2D eigenvalue weighted by molar-refractivity contribution is 14.1. The van der Waals surface area contributed by atoms with Gasteiger partial charge in [-0.15, -0.1) is 0 Å². The van der Waals surface area contributed by atoms with Gasteiger partial charge in [-0.2, -0.15) is 0 Å². The van der Waals surface area contributed by atoms with Crippen LogP contribution in [0.2, 0.25) is 0 Å². The highest BCUT2D eigenvalue weighted by atomic mass is 127. The van der Waals surface area contributed by atoms with E-state index in [4.69, 9.17) is 9.84 Å². The zero-order chi connectivity index (χ0) is 20.4. The number of carbonyl (C=O) groups excluding carboxylic acids is 1. The van der Waals surface area contributed by atoms with Crippen LogP contribution in [0, 0.1) is 7.14 Å². The standard InChI is InChI=1S/C19H14I2N2O4S/c1-23-17(24)15(9-10-7-13(20)16(27-2)14(21)8-10)28-19(23)22-12-5-3-11(4-6-12)18(25)26/h3-9H,1-2H3,(H,25,26)/b15-9-,22-19?. The van der Waals surface area contributed by atoms with Crippen LogP contribution in [0.25, 0.3) is 6.08 Å². The van der Waals surface area contributed by atoms with Gasteiger partial charge in [0.05, 0.1) is 30.4 Å². The smallest absolute Gasteiger partial charge is 0.335 e. The van der Waals surface area contributed by atoms with E-state index in [0.717, 1.165) is 18.5 Å². The number of carboxylic acids is 1. The summed E-state index contributed by atoms with van der Waals surface area (Å²) in [6.07, 6.45) is 1.84. The number of benzene rings is 2. The summed E-state index contributed by atoms with van der Waals surface area (Å²) in [5, 5.41) is 9.51. The van der Waals surface area contributed by atoms with Crippen LogP contribution < -0.4 is 4.74 Å². The Morgan fingerprint density at radius 1 is 1.21 bits per heavy atom. The minimum Gasteiger partial charge on any atom is -0.495 e. The number of methoxy groups -OCH3 is 1. The quantitative estimate of drug-likeness (QED) is 0.392. The molecule has 2 aromatic rings. The Hall–Kier alpha value is -1.60. The van der Waals surface area contributed by atoms with E-state index in [1.165, 1.54) is 28.8 Å². The number of amides is 1. The second kappa shape index (κ2) is 8.82. The van der Waals surface area contributed by atoms with Crippen molar-refractivity contribution in [1.29, 1.82) is 0 Å². The lowest BCUT2D eigenvalue weighted by atomic mass is 10.2. The van der Waals surface area contributed by atoms with Crippen molar-refractivity contribution in [2.75, 3.05) is 14.2 Å². The van der Waals surface area contributed by atoms with E-state index in [1.54, 1.807) is 26.3 Å². The molecular weight excluding hydrogens is 606 g/mol. The summed E-state index contributed by atoms with van der Waals surface area (Å²) >= 11 is 5.70. The van der Waals surface area contributed by atoms with E-state index in [-0.39, 0.29) is 11.5 Å². The van der Waals surface area contributed by atoms with Crippen molar-refractivity contribution in [1.82, 2.24) is 4.90 Å². The first kappa shape index (κ1) is 21.1. The van der Waals surface area contributed by atoms with Gasteiger partial charge in [0.2, 0.25) is 0 Å². The van der Waals surface area contributed by atoms with Gasteiger partial charge in [-0.1, -0.05) is 0 Å². The van der Waals surface area contributed by atoms with Crippen LogP contribution in [0.3, 0.4) is 0 Å². The third-order valence-corrected chi connectivity index (χ3v) is 6.53. The molecule has 0 unspecified atom stereocenters. The molecule has 1 fully saturated rings. The van der Waals surface area contributed by atoms with Crippen molar-refractivity contribution in [3.63, 3.8) is 0 Å². The molecule has 0 aliphatic carbocycles. The van der Waals surface area contributed by atoms with Crippen LogP contribution in [0.5, 0.6) is 5.75 Å². The maximum atomic E-state index is 12.6. The van der Waals surface area contributed by atoms with Crippen molar-refractivity contribution in [2.24, 2.45) is 4.99 Å². The van der Waals surface area contributed by atoms with Crippen LogP contribution >= 0.6 is 56.9 Å². The van der Waals surface area contributed by atoms with Gasteiger partial charge < -0.3 is 9.84 Å². The molecule has 28 heavy (non-hydrogen) atoms. The van der Waals surface area contributed by atoms with Crippen molar-refractivity contribution >= 4 is 85.8 Å². The van der Waals surface area contributed by atoms with Gasteiger partial charge in [0.15, 0.2) is 5.17 Å². The molecular formula is C19H14I2N2O4S. The number of aromatic carboxylic acids is 1. The Bertz CT molecular complexity index is 996. The van der Waals surface area contributed by atoms with E-state index in [2.05, 4.69) is 50.2 Å². The van der Waals surface area contributed by atoms with Gasteiger partial charge in [0, 0.05) is 7.05 Å². The Morgan fingerprint density at radius 2 is 1.82 bits per heavy atom. The first-order chi connectivity index (χ1) is 13.3. The average molecular weight is 620 g/mol. The van der Waals surface area contributed by atoms with E-state index in [0.29, 0.717) is 15.8 Å². The summed E-state index contributed by atoms with van der Waals surface area (Å²) in [5.74, 6) is -0.305. The summed E-state index contributed by atoms with van der Waals surface area (Å²) in [7, 11) is 3.30. The molecule has 2 aromatic carbocycles. The van der Waals surface area contributed by atoms with Crippen LogP contribution in [0.15, 0.2) is 46.3 Å². The van der Waals surface area contributed by atoms with Crippen molar-refractivity contribution in [3.8, 4) is 5.75 Å². The number of halogens is 2. The molecule has 9 heteroatoms. The number of amidine groups is 1. The summed E-state index contributed by atoms with van der Waals surface area (Å²) < 4.78 is 7.31. The third-order valence-electron chi connectivity index (χ3n) is 3.87. The predicted molar refractivity (Wildman–Crippen MR) is 127 cm³/mol. The number of ether oxygens (including phenoxy) is 1. The van der Waals surface area contributed by atoms with E-state index in [9.17, 15) is 9.59 Å². The molecule has 0 spiro atoms. The number of hydrogen-bond donors (Lipinski definition) is 1.